The molecule has 7 heteroatoms. The van der Waals surface area contributed by atoms with Gasteiger partial charge in [-0.1, -0.05) is 12.1 Å². The zero-order valence-corrected chi connectivity index (χ0v) is 16.9. The Morgan fingerprint density at radius 2 is 2.00 bits per heavy atom. The molecule has 3 rings (SSSR count). The Kier molecular flexibility index (Phi) is 7.04. The van der Waals surface area contributed by atoms with Crippen LogP contribution in [-0.2, 0) is 6.42 Å². The molecule has 146 valence electrons. The molecule has 2 aromatic rings. The maximum absolute atomic E-state index is 14.0. The minimum absolute atomic E-state index is 0.149. The average Bonchev–Trinajstić information content (AvgIpc) is 3.10. The molecule has 1 fully saturated rings. The first-order chi connectivity index (χ1) is 13.2. The van der Waals surface area contributed by atoms with Gasteiger partial charge in [0.2, 0.25) is 0 Å². The number of thiazole rings is 1. The highest BCUT2D eigenvalue weighted by molar-refractivity contribution is 7.09. The predicted octanol–water partition coefficient (Wildman–Crippen LogP) is 3.31. The van der Waals surface area contributed by atoms with Crippen molar-refractivity contribution in [1.82, 2.24) is 15.2 Å². The normalized spacial score (nSPS) is 15.3. The van der Waals surface area contributed by atoms with Crippen molar-refractivity contribution in [2.45, 2.75) is 26.2 Å². The summed E-state index contributed by atoms with van der Waals surface area (Å²) in [5, 5.41) is 6.79. The van der Waals surface area contributed by atoms with Crippen LogP contribution in [0.5, 0.6) is 0 Å². The van der Waals surface area contributed by atoms with Gasteiger partial charge >= 0.3 is 0 Å². The number of halogens is 1. The summed E-state index contributed by atoms with van der Waals surface area (Å²) in [5.74, 6) is 0.789. The van der Waals surface area contributed by atoms with Crippen molar-refractivity contribution in [3.05, 3.63) is 46.2 Å². The molecule has 0 saturated carbocycles. The van der Waals surface area contributed by atoms with Crippen molar-refractivity contribution in [3.63, 3.8) is 0 Å². The molecule has 1 saturated heterocycles. The van der Waals surface area contributed by atoms with Crippen LogP contribution in [0.25, 0.3) is 0 Å². The fourth-order valence-electron chi connectivity index (χ4n) is 3.32. The summed E-state index contributed by atoms with van der Waals surface area (Å²) < 4.78 is 14.0. The number of hydrogen-bond acceptors (Lipinski definition) is 4. The fourth-order valence-corrected chi connectivity index (χ4v) is 4.14. The second-order valence-corrected chi connectivity index (χ2v) is 7.68. The van der Waals surface area contributed by atoms with Crippen LogP contribution >= 0.6 is 11.3 Å². The largest absolute Gasteiger partial charge is 0.366 e. The van der Waals surface area contributed by atoms with E-state index in [9.17, 15) is 4.39 Å². The van der Waals surface area contributed by atoms with Crippen molar-refractivity contribution in [2.24, 2.45) is 4.99 Å². The van der Waals surface area contributed by atoms with Crippen molar-refractivity contribution in [3.8, 4) is 0 Å². The Bertz CT molecular complexity index is 752. The number of hydrogen-bond donors (Lipinski definition) is 1. The third-order valence-corrected chi connectivity index (χ3v) is 5.78. The van der Waals surface area contributed by atoms with Gasteiger partial charge in [-0.05, 0) is 38.3 Å². The molecule has 0 spiro atoms. The molecule has 1 aromatic carbocycles. The van der Waals surface area contributed by atoms with Crippen molar-refractivity contribution >= 4 is 23.0 Å². The zero-order valence-electron chi connectivity index (χ0n) is 16.1. The number of aryl methyl sites for hydroxylation is 2. The average molecular weight is 390 g/mol. The standard InChI is InChI=1S/C20H28FN5S/c1-16-15-27-19(24-16)9-5-6-10-23-20(22-2)26-13-11-25(12-14-26)18-8-4-3-7-17(18)21/h3-4,7-8,15H,5-6,9-14H2,1-2H3,(H,22,23). The number of nitrogens with one attached hydrogen (secondary N) is 1. The highest BCUT2D eigenvalue weighted by atomic mass is 32.1. The Morgan fingerprint density at radius 1 is 1.22 bits per heavy atom. The lowest BCUT2D eigenvalue weighted by Crippen LogP contribution is -2.52. The third-order valence-electron chi connectivity index (χ3n) is 4.75. The van der Waals surface area contributed by atoms with E-state index in [0.717, 1.165) is 63.6 Å². The number of anilines is 1. The molecule has 1 N–H and O–H groups in total. The van der Waals surface area contributed by atoms with E-state index in [4.69, 9.17) is 0 Å². The Hall–Kier alpha value is -2.15. The van der Waals surface area contributed by atoms with E-state index in [-0.39, 0.29) is 5.82 Å². The number of para-hydroxylation sites is 1. The Morgan fingerprint density at radius 3 is 2.67 bits per heavy atom. The van der Waals surface area contributed by atoms with Gasteiger partial charge in [0.1, 0.15) is 5.82 Å². The first kappa shape index (κ1) is 19.6. The molecule has 0 radical (unpaired) electrons. The van der Waals surface area contributed by atoms with Gasteiger partial charge in [0.05, 0.1) is 10.7 Å². The number of nitrogens with zero attached hydrogens (tertiary/aromatic N) is 4. The smallest absolute Gasteiger partial charge is 0.193 e. The number of aromatic nitrogens is 1. The topological polar surface area (TPSA) is 43.8 Å². The number of rotatable bonds is 6. The quantitative estimate of drug-likeness (QED) is 0.468. The highest BCUT2D eigenvalue weighted by Crippen LogP contribution is 2.20. The lowest BCUT2D eigenvalue weighted by Gasteiger charge is -2.37. The van der Waals surface area contributed by atoms with Gasteiger partial charge in [-0.3, -0.25) is 4.99 Å². The second-order valence-electron chi connectivity index (χ2n) is 6.74. The number of benzene rings is 1. The zero-order chi connectivity index (χ0) is 19.1. The number of guanidine groups is 1. The summed E-state index contributed by atoms with van der Waals surface area (Å²) in [6, 6.07) is 6.99. The number of aliphatic imine (C=N–C) groups is 1. The Labute approximate surface area is 164 Å². The molecule has 1 aliphatic rings. The minimum atomic E-state index is -0.149. The maximum atomic E-state index is 14.0. The summed E-state index contributed by atoms with van der Waals surface area (Å²) in [6.45, 7) is 6.22. The first-order valence-corrected chi connectivity index (χ1v) is 10.4. The molecule has 0 bridgehead atoms. The SMILES string of the molecule is CN=C(NCCCCc1nc(C)cs1)N1CCN(c2ccccc2F)CC1. The van der Waals surface area contributed by atoms with Gasteiger partial charge in [0, 0.05) is 50.8 Å². The van der Waals surface area contributed by atoms with Gasteiger partial charge < -0.3 is 15.1 Å². The van der Waals surface area contributed by atoms with E-state index < -0.39 is 0 Å². The van der Waals surface area contributed by atoms with Crippen molar-refractivity contribution < 1.29 is 4.39 Å². The van der Waals surface area contributed by atoms with Crippen LogP contribution in [0.4, 0.5) is 10.1 Å². The molecule has 5 nitrogen and oxygen atoms in total. The molecule has 27 heavy (non-hydrogen) atoms. The predicted molar refractivity (Wildman–Crippen MR) is 111 cm³/mol. The van der Waals surface area contributed by atoms with Gasteiger partial charge in [-0.2, -0.15) is 0 Å². The van der Waals surface area contributed by atoms with Gasteiger partial charge in [-0.25, -0.2) is 9.37 Å². The monoisotopic (exact) mass is 389 g/mol. The molecular weight excluding hydrogens is 361 g/mol. The number of unbranched alkanes of at least 4 members (excludes halogenated alkanes) is 1. The van der Waals surface area contributed by atoms with E-state index in [1.54, 1.807) is 17.4 Å². The second kappa shape index (κ2) is 9.69. The van der Waals surface area contributed by atoms with Crippen LogP contribution in [0.3, 0.4) is 0 Å². The lowest BCUT2D eigenvalue weighted by atomic mass is 10.2. The van der Waals surface area contributed by atoms with Gasteiger partial charge in [-0.15, -0.1) is 11.3 Å². The minimum Gasteiger partial charge on any atom is -0.366 e. The third kappa shape index (κ3) is 5.42. The summed E-state index contributed by atoms with van der Waals surface area (Å²) in [6.07, 6.45) is 3.25. The molecule has 0 atom stereocenters. The molecular formula is C20H28FN5S. The summed E-state index contributed by atoms with van der Waals surface area (Å²) in [7, 11) is 1.82. The van der Waals surface area contributed by atoms with Gasteiger partial charge in [0.25, 0.3) is 0 Å². The summed E-state index contributed by atoms with van der Waals surface area (Å²) >= 11 is 1.75. The van der Waals surface area contributed by atoms with E-state index in [1.165, 1.54) is 11.1 Å². The molecule has 2 heterocycles. The van der Waals surface area contributed by atoms with Crippen LogP contribution < -0.4 is 10.2 Å². The van der Waals surface area contributed by atoms with Crippen LogP contribution in [0, 0.1) is 12.7 Å². The van der Waals surface area contributed by atoms with Crippen LogP contribution in [0.1, 0.15) is 23.5 Å². The van der Waals surface area contributed by atoms with Crippen LogP contribution in [0.2, 0.25) is 0 Å². The van der Waals surface area contributed by atoms with E-state index in [0.29, 0.717) is 5.69 Å². The van der Waals surface area contributed by atoms with Crippen molar-refractivity contribution in [2.75, 3.05) is 44.7 Å². The fraction of sp³-hybridized carbons (Fsp3) is 0.500. The molecule has 0 aliphatic carbocycles. The molecule has 0 unspecified atom stereocenters. The lowest BCUT2D eigenvalue weighted by molar-refractivity contribution is 0.370. The van der Waals surface area contributed by atoms with E-state index in [1.807, 2.05) is 26.1 Å². The van der Waals surface area contributed by atoms with E-state index >= 15 is 0 Å². The molecule has 1 aliphatic heterocycles. The van der Waals surface area contributed by atoms with Crippen LogP contribution in [-0.4, -0.2) is 55.6 Å². The van der Waals surface area contributed by atoms with Crippen molar-refractivity contribution in [1.29, 1.82) is 0 Å². The highest BCUT2D eigenvalue weighted by Gasteiger charge is 2.21. The van der Waals surface area contributed by atoms with E-state index in [2.05, 4.69) is 30.5 Å². The first-order valence-electron chi connectivity index (χ1n) is 9.53. The summed E-state index contributed by atoms with van der Waals surface area (Å²) in [5.41, 5.74) is 1.81. The summed E-state index contributed by atoms with van der Waals surface area (Å²) in [4.78, 5) is 13.3. The number of piperazine rings is 1. The Balaban J connectivity index is 1.39. The molecule has 1 aromatic heterocycles. The van der Waals surface area contributed by atoms with Crippen LogP contribution in [0.15, 0.2) is 34.6 Å². The van der Waals surface area contributed by atoms with Gasteiger partial charge in [0.15, 0.2) is 5.96 Å². The molecule has 0 amide bonds. The maximum Gasteiger partial charge on any atom is 0.193 e.